The topological polar surface area (TPSA) is 111 Å². The van der Waals surface area contributed by atoms with Gasteiger partial charge in [0.25, 0.3) is 5.69 Å². The lowest BCUT2D eigenvalue weighted by atomic mass is 9.80. The molecule has 3 rings (SSSR count). The Morgan fingerprint density at radius 1 is 1.03 bits per heavy atom. The van der Waals surface area contributed by atoms with Crippen LogP contribution >= 0.6 is 0 Å². The Balaban J connectivity index is 1.96. The number of nitro benzene ring substituents is 1. The number of amides is 2. The van der Waals surface area contributed by atoms with E-state index < -0.39 is 28.3 Å². The average molecular weight is 478 g/mol. The molecule has 2 heterocycles. The summed E-state index contributed by atoms with van der Waals surface area (Å²) in [5.74, 6) is 0. The van der Waals surface area contributed by atoms with Crippen molar-refractivity contribution in [2.24, 2.45) is 5.41 Å². The van der Waals surface area contributed by atoms with Crippen molar-refractivity contribution < 1.29 is 28.7 Å². The number of ether oxygens (including phenoxy) is 3. The number of hydrogen-bond acceptors (Lipinski definition) is 8. The van der Waals surface area contributed by atoms with Gasteiger partial charge in [0, 0.05) is 38.1 Å². The molecule has 2 amide bonds. The first kappa shape index (κ1) is 25.7. The van der Waals surface area contributed by atoms with Gasteiger partial charge in [0.05, 0.1) is 4.92 Å². The molecule has 2 fully saturated rings. The van der Waals surface area contributed by atoms with Crippen LogP contribution in [0.15, 0.2) is 18.2 Å². The van der Waals surface area contributed by atoms with Crippen molar-refractivity contribution in [3.63, 3.8) is 0 Å². The normalized spacial score (nSPS) is 18.0. The lowest BCUT2D eigenvalue weighted by Crippen LogP contribution is -2.44. The maximum absolute atomic E-state index is 13.0. The molecule has 10 nitrogen and oxygen atoms in total. The summed E-state index contributed by atoms with van der Waals surface area (Å²) in [7, 11) is 0. The Bertz CT molecular complexity index is 915. The van der Waals surface area contributed by atoms with E-state index in [1.807, 2.05) is 0 Å². The molecule has 0 unspecified atom stereocenters. The van der Waals surface area contributed by atoms with E-state index >= 15 is 0 Å². The van der Waals surface area contributed by atoms with Gasteiger partial charge < -0.3 is 19.1 Å². The highest BCUT2D eigenvalue weighted by Crippen LogP contribution is 2.43. The third-order valence-electron chi connectivity index (χ3n) is 5.91. The number of nitro groups is 1. The molecule has 0 aliphatic carbocycles. The molecule has 0 atom stereocenters. The minimum Gasteiger partial charge on any atom is -0.443 e. The Hall–Kier alpha value is -2.88. The van der Waals surface area contributed by atoms with Crippen LogP contribution in [0.4, 0.5) is 26.7 Å². The summed E-state index contributed by atoms with van der Waals surface area (Å²) < 4.78 is 16.2. The molecular formula is C24H35N3O7. The van der Waals surface area contributed by atoms with Crippen LogP contribution in [0.25, 0.3) is 0 Å². The molecule has 0 N–H and O–H groups in total. The average Bonchev–Trinajstić information content (AvgIpc) is 3.09. The van der Waals surface area contributed by atoms with Crippen LogP contribution in [0.5, 0.6) is 0 Å². The summed E-state index contributed by atoms with van der Waals surface area (Å²) >= 11 is 0. The van der Waals surface area contributed by atoms with E-state index in [0.717, 1.165) is 45.6 Å². The number of benzene rings is 1. The summed E-state index contributed by atoms with van der Waals surface area (Å²) in [5.41, 5.74) is -1.57. The first-order valence-corrected chi connectivity index (χ1v) is 11.6. The fourth-order valence-corrected chi connectivity index (χ4v) is 4.30. The second kappa shape index (κ2) is 9.40. The number of nitrogens with zero attached hydrogens (tertiary/aromatic N) is 3. The maximum Gasteiger partial charge on any atom is 0.424 e. The van der Waals surface area contributed by atoms with E-state index in [9.17, 15) is 19.7 Å². The zero-order valence-electron chi connectivity index (χ0n) is 20.9. The Labute approximate surface area is 200 Å². The first-order valence-electron chi connectivity index (χ1n) is 11.6. The van der Waals surface area contributed by atoms with Gasteiger partial charge in [-0.25, -0.2) is 9.59 Å². The molecular weight excluding hydrogens is 442 g/mol. The van der Waals surface area contributed by atoms with Crippen molar-refractivity contribution in [2.45, 2.75) is 72.0 Å². The molecule has 0 bridgehead atoms. The van der Waals surface area contributed by atoms with E-state index in [1.54, 1.807) is 47.6 Å². The van der Waals surface area contributed by atoms with Gasteiger partial charge in [0.1, 0.15) is 16.9 Å². The molecule has 1 spiro atoms. The zero-order valence-corrected chi connectivity index (χ0v) is 20.9. The van der Waals surface area contributed by atoms with E-state index in [0.29, 0.717) is 10.6 Å². The van der Waals surface area contributed by atoms with Gasteiger partial charge in [0.15, 0.2) is 0 Å². The van der Waals surface area contributed by atoms with Gasteiger partial charge in [-0.15, -0.1) is 0 Å². The van der Waals surface area contributed by atoms with Crippen molar-refractivity contribution >= 4 is 29.2 Å². The highest BCUT2D eigenvalue weighted by Gasteiger charge is 2.41. The number of carbonyl (C=O) groups excluding carboxylic acids is 2. The molecule has 2 saturated heterocycles. The molecule has 1 aromatic rings. The fourth-order valence-electron chi connectivity index (χ4n) is 4.30. The molecule has 10 heteroatoms. The van der Waals surface area contributed by atoms with E-state index in [4.69, 9.17) is 14.2 Å². The van der Waals surface area contributed by atoms with Gasteiger partial charge in [0.2, 0.25) is 0 Å². The van der Waals surface area contributed by atoms with Crippen LogP contribution in [-0.4, -0.2) is 54.6 Å². The first-order chi connectivity index (χ1) is 15.7. The van der Waals surface area contributed by atoms with Crippen molar-refractivity contribution in [3.8, 4) is 0 Å². The van der Waals surface area contributed by atoms with Gasteiger partial charge in [-0.2, -0.15) is 4.90 Å². The number of carbonyl (C=O) groups is 2. The summed E-state index contributed by atoms with van der Waals surface area (Å²) in [6.07, 6.45) is 0.844. The van der Waals surface area contributed by atoms with Crippen LogP contribution in [0, 0.1) is 15.5 Å². The number of anilines is 2. The van der Waals surface area contributed by atoms with Crippen molar-refractivity contribution in [1.29, 1.82) is 0 Å². The van der Waals surface area contributed by atoms with E-state index in [-0.39, 0.29) is 16.8 Å². The Morgan fingerprint density at radius 3 is 2.09 bits per heavy atom. The van der Waals surface area contributed by atoms with Gasteiger partial charge >= 0.3 is 12.2 Å². The standard InChI is InChI=1S/C24H35N3O7/c1-22(2,3)33-20(28)26(21(29)34-23(4,5)6)18-8-7-17(15-19(18)27(30)31)25-12-9-24(16-25)10-13-32-14-11-24/h7-8,15H,9-14,16H2,1-6H3. The number of hydrogen-bond donors (Lipinski definition) is 0. The Kier molecular flexibility index (Phi) is 7.12. The third kappa shape index (κ3) is 6.16. The summed E-state index contributed by atoms with van der Waals surface area (Å²) in [6, 6.07) is 4.52. The second-order valence-corrected chi connectivity index (χ2v) is 11.0. The molecule has 0 radical (unpaired) electrons. The Morgan fingerprint density at radius 2 is 1.59 bits per heavy atom. The number of imide groups is 1. The molecule has 188 valence electrons. The minimum atomic E-state index is -1.04. The molecule has 1 aromatic carbocycles. The van der Waals surface area contributed by atoms with Crippen molar-refractivity contribution in [1.82, 2.24) is 0 Å². The summed E-state index contributed by atoms with van der Waals surface area (Å²) in [5, 5.41) is 12.0. The van der Waals surface area contributed by atoms with Crippen LogP contribution in [0.1, 0.15) is 60.8 Å². The zero-order chi connectivity index (χ0) is 25.3. The summed E-state index contributed by atoms with van der Waals surface area (Å²) in [6.45, 7) is 12.9. The quantitative estimate of drug-likeness (QED) is 0.427. The molecule has 2 aliphatic rings. The summed E-state index contributed by atoms with van der Waals surface area (Å²) in [4.78, 5) is 40.1. The van der Waals surface area contributed by atoms with E-state index in [1.165, 1.54) is 12.1 Å². The predicted molar refractivity (Wildman–Crippen MR) is 127 cm³/mol. The van der Waals surface area contributed by atoms with Crippen LogP contribution in [-0.2, 0) is 14.2 Å². The monoisotopic (exact) mass is 477 g/mol. The molecule has 2 aliphatic heterocycles. The lowest BCUT2D eigenvalue weighted by Gasteiger charge is -2.33. The molecule has 0 saturated carbocycles. The fraction of sp³-hybridized carbons (Fsp3) is 0.667. The molecule has 34 heavy (non-hydrogen) atoms. The van der Waals surface area contributed by atoms with Crippen molar-refractivity contribution in [3.05, 3.63) is 28.3 Å². The van der Waals surface area contributed by atoms with E-state index in [2.05, 4.69) is 4.90 Å². The highest BCUT2D eigenvalue weighted by atomic mass is 16.6. The lowest BCUT2D eigenvalue weighted by molar-refractivity contribution is -0.384. The van der Waals surface area contributed by atoms with Crippen LogP contribution in [0.3, 0.4) is 0 Å². The van der Waals surface area contributed by atoms with Crippen LogP contribution < -0.4 is 9.80 Å². The third-order valence-corrected chi connectivity index (χ3v) is 5.91. The van der Waals surface area contributed by atoms with Gasteiger partial charge in [-0.3, -0.25) is 10.1 Å². The highest BCUT2D eigenvalue weighted by molar-refractivity contribution is 6.11. The van der Waals surface area contributed by atoms with Gasteiger partial charge in [-0.1, -0.05) is 0 Å². The van der Waals surface area contributed by atoms with Gasteiger partial charge in [-0.05, 0) is 78.4 Å². The van der Waals surface area contributed by atoms with Crippen molar-refractivity contribution in [2.75, 3.05) is 36.1 Å². The van der Waals surface area contributed by atoms with Crippen LogP contribution in [0.2, 0.25) is 0 Å². The second-order valence-electron chi connectivity index (χ2n) is 11.0. The SMILES string of the molecule is CC(C)(C)OC(=O)N(C(=O)OC(C)(C)C)c1ccc(N2CCC3(CCOCC3)C2)cc1[N+](=O)[O-]. The maximum atomic E-state index is 13.0. The molecule has 0 aromatic heterocycles. The predicted octanol–water partition coefficient (Wildman–Crippen LogP) is 5.28. The smallest absolute Gasteiger partial charge is 0.424 e. The largest absolute Gasteiger partial charge is 0.443 e. The number of rotatable bonds is 3. The minimum absolute atomic E-state index is 0.158.